The number of benzene rings is 1. The lowest BCUT2D eigenvalue weighted by Crippen LogP contribution is -2.23. The van der Waals surface area contributed by atoms with E-state index < -0.39 is 0 Å². The Hall–Kier alpha value is -2.73. The summed E-state index contributed by atoms with van der Waals surface area (Å²) in [7, 11) is 0. The van der Waals surface area contributed by atoms with Crippen molar-refractivity contribution in [1.29, 1.82) is 0 Å². The van der Waals surface area contributed by atoms with E-state index in [0.717, 1.165) is 43.0 Å². The van der Waals surface area contributed by atoms with E-state index in [1.54, 1.807) is 6.20 Å². The molecule has 2 aromatic heterocycles. The maximum absolute atomic E-state index is 5.76. The Morgan fingerprint density at radius 1 is 1.16 bits per heavy atom. The minimum Gasteiger partial charge on any atom is -0.356 e. The molecule has 1 unspecified atom stereocenters. The van der Waals surface area contributed by atoms with E-state index in [1.807, 2.05) is 30.3 Å². The van der Waals surface area contributed by atoms with Gasteiger partial charge >= 0.3 is 0 Å². The number of aromatic nitrogens is 3. The van der Waals surface area contributed by atoms with Crippen molar-refractivity contribution in [3.63, 3.8) is 0 Å². The van der Waals surface area contributed by atoms with Crippen molar-refractivity contribution in [2.24, 2.45) is 11.7 Å². The lowest BCUT2D eigenvalue weighted by molar-refractivity contribution is 0.424. The largest absolute Gasteiger partial charge is 0.356 e. The second kappa shape index (κ2) is 7.03. The predicted molar refractivity (Wildman–Crippen MR) is 96.2 cm³/mol. The van der Waals surface area contributed by atoms with Crippen LogP contribution in [-0.4, -0.2) is 34.8 Å². The average Bonchev–Trinajstić information content (AvgIpc) is 3.32. The summed E-state index contributed by atoms with van der Waals surface area (Å²) in [5, 5.41) is 4.07. The van der Waals surface area contributed by atoms with Gasteiger partial charge in [0.2, 0.25) is 0 Å². The van der Waals surface area contributed by atoms with Gasteiger partial charge < -0.3 is 15.2 Å². The van der Waals surface area contributed by atoms with Crippen molar-refractivity contribution in [1.82, 2.24) is 15.1 Å². The molecule has 1 aromatic carbocycles. The van der Waals surface area contributed by atoms with Crippen molar-refractivity contribution in [2.75, 3.05) is 24.5 Å². The Bertz CT molecular complexity index is 815. The Morgan fingerprint density at radius 3 is 2.76 bits per heavy atom. The van der Waals surface area contributed by atoms with E-state index in [1.165, 1.54) is 0 Å². The molecule has 6 nitrogen and oxygen atoms in total. The van der Waals surface area contributed by atoms with Crippen molar-refractivity contribution in [3.05, 3.63) is 60.0 Å². The molecule has 0 saturated carbocycles. The summed E-state index contributed by atoms with van der Waals surface area (Å²) in [6.45, 7) is 2.72. The molecule has 1 aliphatic rings. The summed E-state index contributed by atoms with van der Waals surface area (Å²) in [5.74, 6) is 2.73. The van der Waals surface area contributed by atoms with Crippen molar-refractivity contribution in [3.8, 4) is 11.5 Å². The summed E-state index contributed by atoms with van der Waals surface area (Å²) in [6, 6.07) is 14.1. The fourth-order valence-electron chi connectivity index (χ4n) is 3.15. The number of nitrogens with zero attached hydrogens (tertiary/aromatic N) is 4. The molecule has 0 bridgehead atoms. The molecule has 1 aliphatic heterocycles. The number of anilines is 1. The van der Waals surface area contributed by atoms with Gasteiger partial charge in [0.1, 0.15) is 5.82 Å². The van der Waals surface area contributed by atoms with Crippen LogP contribution in [-0.2, 0) is 6.42 Å². The molecule has 1 atom stereocenters. The number of hydrogen-bond acceptors (Lipinski definition) is 6. The fourth-order valence-corrected chi connectivity index (χ4v) is 3.15. The van der Waals surface area contributed by atoms with Crippen LogP contribution in [0.3, 0.4) is 0 Å². The monoisotopic (exact) mass is 335 g/mol. The maximum atomic E-state index is 5.76. The van der Waals surface area contributed by atoms with E-state index in [0.29, 0.717) is 24.1 Å². The lowest BCUT2D eigenvalue weighted by Gasteiger charge is -2.17. The van der Waals surface area contributed by atoms with Crippen LogP contribution in [0.2, 0.25) is 0 Å². The second-order valence-electron chi connectivity index (χ2n) is 6.42. The van der Waals surface area contributed by atoms with Crippen LogP contribution in [0, 0.1) is 5.92 Å². The van der Waals surface area contributed by atoms with Crippen LogP contribution in [0.15, 0.2) is 53.2 Å². The van der Waals surface area contributed by atoms with Gasteiger partial charge in [-0.15, -0.1) is 0 Å². The van der Waals surface area contributed by atoms with Gasteiger partial charge in [-0.25, -0.2) is 4.98 Å². The quantitative estimate of drug-likeness (QED) is 0.771. The molecule has 3 heterocycles. The van der Waals surface area contributed by atoms with Gasteiger partial charge in [-0.2, -0.15) is 4.98 Å². The summed E-state index contributed by atoms with van der Waals surface area (Å²) < 4.78 is 5.39. The molecule has 0 aliphatic carbocycles. The molecule has 0 amide bonds. The fraction of sp³-hybridized carbons (Fsp3) is 0.316. The zero-order valence-corrected chi connectivity index (χ0v) is 14.0. The Morgan fingerprint density at radius 2 is 2.04 bits per heavy atom. The third-order valence-corrected chi connectivity index (χ3v) is 4.61. The SMILES string of the molecule is NCC1CCN(c2ccc(-c3nc(Cc4ccccc4)no3)cn2)C1. The van der Waals surface area contributed by atoms with Crippen LogP contribution in [0.1, 0.15) is 17.8 Å². The minimum absolute atomic E-state index is 0.506. The third kappa shape index (κ3) is 3.53. The standard InChI is InChI=1S/C19H21N5O/c20-11-15-8-9-24(13-15)18-7-6-16(12-21-18)19-22-17(23-25-19)10-14-4-2-1-3-5-14/h1-7,12,15H,8-11,13,20H2. The molecule has 1 fully saturated rings. The predicted octanol–water partition coefficient (Wildman–Crippen LogP) is 2.51. The van der Waals surface area contributed by atoms with E-state index in [-0.39, 0.29) is 0 Å². The van der Waals surface area contributed by atoms with E-state index in [4.69, 9.17) is 10.3 Å². The first-order valence-corrected chi connectivity index (χ1v) is 8.60. The maximum Gasteiger partial charge on any atom is 0.259 e. The number of hydrogen-bond donors (Lipinski definition) is 1. The van der Waals surface area contributed by atoms with Gasteiger partial charge in [0.15, 0.2) is 5.82 Å². The van der Waals surface area contributed by atoms with E-state index in [9.17, 15) is 0 Å². The summed E-state index contributed by atoms with van der Waals surface area (Å²) in [6.07, 6.45) is 3.58. The Labute approximate surface area is 146 Å². The second-order valence-corrected chi connectivity index (χ2v) is 6.42. The van der Waals surface area contributed by atoms with Crippen molar-refractivity contribution >= 4 is 5.82 Å². The Kier molecular flexibility index (Phi) is 4.43. The van der Waals surface area contributed by atoms with Gasteiger partial charge in [-0.05, 0) is 36.6 Å². The highest BCUT2D eigenvalue weighted by atomic mass is 16.5. The smallest absolute Gasteiger partial charge is 0.259 e. The normalized spacial score (nSPS) is 17.2. The lowest BCUT2D eigenvalue weighted by atomic mass is 10.1. The van der Waals surface area contributed by atoms with Crippen LogP contribution in [0.25, 0.3) is 11.5 Å². The van der Waals surface area contributed by atoms with Gasteiger partial charge in [-0.1, -0.05) is 35.5 Å². The van der Waals surface area contributed by atoms with E-state index >= 15 is 0 Å². The Balaban J connectivity index is 1.46. The first-order valence-electron chi connectivity index (χ1n) is 8.60. The molecule has 3 aromatic rings. The van der Waals surface area contributed by atoms with Crippen LogP contribution in [0.5, 0.6) is 0 Å². The first kappa shape index (κ1) is 15.8. The molecular weight excluding hydrogens is 314 g/mol. The van der Waals surface area contributed by atoms with E-state index in [2.05, 4.69) is 32.2 Å². The minimum atomic E-state index is 0.506. The summed E-state index contributed by atoms with van der Waals surface area (Å²) in [5.41, 5.74) is 7.75. The van der Waals surface area contributed by atoms with Crippen LogP contribution >= 0.6 is 0 Å². The number of rotatable bonds is 5. The zero-order chi connectivity index (χ0) is 17.1. The number of nitrogens with two attached hydrogens (primary N) is 1. The molecule has 25 heavy (non-hydrogen) atoms. The van der Waals surface area contributed by atoms with Crippen LogP contribution < -0.4 is 10.6 Å². The van der Waals surface area contributed by atoms with Crippen LogP contribution in [0.4, 0.5) is 5.82 Å². The van der Waals surface area contributed by atoms with Gasteiger partial charge in [0, 0.05) is 25.7 Å². The highest BCUT2D eigenvalue weighted by Crippen LogP contribution is 2.24. The van der Waals surface area contributed by atoms with Crippen molar-refractivity contribution in [2.45, 2.75) is 12.8 Å². The topological polar surface area (TPSA) is 81.1 Å². The molecular formula is C19H21N5O. The molecule has 4 rings (SSSR count). The van der Waals surface area contributed by atoms with Gasteiger partial charge in [0.25, 0.3) is 5.89 Å². The summed E-state index contributed by atoms with van der Waals surface area (Å²) >= 11 is 0. The van der Waals surface area contributed by atoms with Crippen molar-refractivity contribution < 1.29 is 4.52 Å². The first-order chi connectivity index (χ1) is 12.3. The highest BCUT2D eigenvalue weighted by Gasteiger charge is 2.22. The molecule has 0 spiro atoms. The van der Waals surface area contributed by atoms with Gasteiger partial charge in [0.05, 0.1) is 5.56 Å². The third-order valence-electron chi connectivity index (χ3n) is 4.61. The molecule has 6 heteroatoms. The molecule has 128 valence electrons. The molecule has 0 radical (unpaired) electrons. The highest BCUT2D eigenvalue weighted by molar-refractivity contribution is 5.55. The number of pyridine rings is 1. The summed E-state index contributed by atoms with van der Waals surface area (Å²) in [4.78, 5) is 11.3. The zero-order valence-electron chi connectivity index (χ0n) is 14.0. The molecule has 1 saturated heterocycles. The van der Waals surface area contributed by atoms with Gasteiger partial charge in [-0.3, -0.25) is 0 Å². The average molecular weight is 335 g/mol. The molecule has 2 N–H and O–H groups in total.